The zero-order valence-corrected chi connectivity index (χ0v) is 19.7. The van der Waals surface area contributed by atoms with Gasteiger partial charge in [-0.3, -0.25) is 4.79 Å². The second-order valence-corrected chi connectivity index (χ2v) is 13.2. The molecule has 1 N–H and O–H groups in total. The minimum atomic E-state index is -3.05. The number of carbonyl (C=O) groups excluding carboxylic acids is 1. The third kappa shape index (κ3) is 7.88. The average molecular weight is 471 g/mol. The molecule has 0 spiro atoms. The summed E-state index contributed by atoms with van der Waals surface area (Å²) in [5.74, 6) is 0.763. The molecule has 0 aromatic heterocycles. The van der Waals surface area contributed by atoms with Crippen LogP contribution in [0.25, 0.3) is 0 Å². The average Bonchev–Trinajstić information content (AvgIpc) is 3.25. The Bertz CT molecular complexity index is 932. The molecule has 1 aromatic rings. The highest BCUT2D eigenvalue weighted by Crippen LogP contribution is 2.20. The molecule has 1 amide bonds. The predicted octanol–water partition coefficient (Wildman–Crippen LogP) is 1.58. The lowest BCUT2D eigenvalue weighted by atomic mass is 10.1. The molecule has 2 saturated heterocycles. The van der Waals surface area contributed by atoms with E-state index in [9.17, 15) is 21.6 Å². The lowest BCUT2D eigenvalue weighted by Gasteiger charge is -2.28. The molecular formula is C22H34N2O5S2. The first-order chi connectivity index (χ1) is 14.7. The Kier molecular flexibility index (Phi) is 8.52. The summed E-state index contributed by atoms with van der Waals surface area (Å²) in [5, 5.41) is 3.33. The number of carbonyl (C=O) groups is 1. The maximum absolute atomic E-state index is 12.9. The molecule has 0 saturated carbocycles. The van der Waals surface area contributed by atoms with Crippen LogP contribution in [0.3, 0.4) is 0 Å². The smallest absolute Gasteiger partial charge is 0.227 e. The van der Waals surface area contributed by atoms with Gasteiger partial charge in [0, 0.05) is 18.6 Å². The first kappa shape index (κ1) is 24.2. The molecule has 2 heterocycles. The van der Waals surface area contributed by atoms with E-state index >= 15 is 0 Å². The largest absolute Gasteiger partial charge is 0.338 e. The summed E-state index contributed by atoms with van der Waals surface area (Å²) in [5.41, 5.74) is 0.943. The van der Waals surface area contributed by atoms with E-state index in [0.29, 0.717) is 25.8 Å². The summed E-state index contributed by atoms with van der Waals surface area (Å²) in [6.45, 7) is 1.39. The van der Waals surface area contributed by atoms with Gasteiger partial charge in [0.25, 0.3) is 0 Å². The summed E-state index contributed by atoms with van der Waals surface area (Å²) in [6.07, 6.45) is 5.28. The van der Waals surface area contributed by atoms with Crippen molar-refractivity contribution in [3.05, 3.63) is 35.9 Å². The maximum atomic E-state index is 12.9. The normalized spacial score (nSPS) is 24.3. The van der Waals surface area contributed by atoms with Gasteiger partial charge < -0.3 is 10.2 Å². The lowest BCUT2D eigenvalue weighted by Crippen LogP contribution is -2.42. The topological polar surface area (TPSA) is 101 Å². The first-order valence-corrected chi connectivity index (χ1v) is 14.9. The number of hydrogen-bond acceptors (Lipinski definition) is 6. The summed E-state index contributed by atoms with van der Waals surface area (Å²) < 4.78 is 46.9. The number of amides is 1. The third-order valence-electron chi connectivity index (χ3n) is 6.16. The number of benzene rings is 1. The molecule has 174 valence electrons. The van der Waals surface area contributed by atoms with E-state index in [4.69, 9.17) is 0 Å². The molecule has 1 aromatic carbocycles. The molecule has 2 aliphatic heterocycles. The molecule has 2 aliphatic rings. The maximum Gasteiger partial charge on any atom is 0.227 e. The number of nitrogens with zero attached hydrogens (tertiary/aromatic N) is 1. The van der Waals surface area contributed by atoms with Gasteiger partial charge in [-0.1, -0.05) is 43.2 Å². The Labute approximate surface area is 186 Å². The van der Waals surface area contributed by atoms with Gasteiger partial charge in [0.15, 0.2) is 19.7 Å². The summed E-state index contributed by atoms with van der Waals surface area (Å²) >= 11 is 0. The van der Waals surface area contributed by atoms with Crippen LogP contribution in [0.1, 0.15) is 44.1 Å². The molecule has 0 bridgehead atoms. The van der Waals surface area contributed by atoms with Crippen LogP contribution in [-0.4, -0.2) is 75.8 Å². The molecule has 2 fully saturated rings. The predicted molar refractivity (Wildman–Crippen MR) is 122 cm³/mol. The fourth-order valence-corrected chi connectivity index (χ4v) is 7.87. The zero-order valence-electron chi connectivity index (χ0n) is 18.0. The van der Waals surface area contributed by atoms with Gasteiger partial charge in [-0.25, -0.2) is 16.8 Å². The number of nitrogens with one attached hydrogen (secondary N) is 1. The van der Waals surface area contributed by atoms with Gasteiger partial charge in [-0.05, 0) is 37.8 Å². The number of sulfone groups is 2. The van der Waals surface area contributed by atoms with Gasteiger partial charge in [0.2, 0.25) is 5.91 Å². The van der Waals surface area contributed by atoms with Crippen molar-refractivity contribution < 1.29 is 21.6 Å². The van der Waals surface area contributed by atoms with Crippen molar-refractivity contribution >= 4 is 25.6 Å². The Balaban J connectivity index is 1.41. The van der Waals surface area contributed by atoms with Crippen LogP contribution in [0.5, 0.6) is 0 Å². The highest BCUT2D eigenvalue weighted by Gasteiger charge is 2.34. The summed E-state index contributed by atoms with van der Waals surface area (Å²) in [6, 6.07) is 9.43. The van der Waals surface area contributed by atoms with Crippen molar-refractivity contribution in [3.8, 4) is 0 Å². The molecule has 2 atom stereocenters. The second kappa shape index (κ2) is 10.9. The molecular weight excluding hydrogens is 436 g/mol. The van der Waals surface area contributed by atoms with Crippen molar-refractivity contribution in [3.63, 3.8) is 0 Å². The van der Waals surface area contributed by atoms with E-state index in [2.05, 4.69) is 5.32 Å². The van der Waals surface area contributed by atoms with Crippen LogP contribution in [0, 0.1) is 0 Å². The van der Waals surface area contributed by atoms with Crippen LogP contribution in [0.2, 0.25) is 0 Å². The van der Waals surface area contributed by atoms with Crippen molar-refractivity contribution in [2.75, 3.05) is 36.1 Å². The van der Waals surface area contributed by atoms with Crippen molar-refractivity contribution in [1.82, 2.24) is 10.2 Å². The lowest BCUT2D eigenvalue weighted by molar-refractivity contribution is -0.132. The molecule has 9 heteroatoms. The Hall–Kier alpha value is -1.45. The second-order valence-electron chi connectivity index (χ2n) is 8.77. The van der Waals surface area contributed by atoms with Crippen LogP contribution < -0.4 is 5.32 Å². The number of hydrogen-bond donors (Lipinski definition) is 1. The highest BCUT2D eigenvalue weighted by molar-refractivity contribution is 7.91. The van der Waals surface area contributed by atoms with Crippen LogP contribution >= 0.6 is 0 Å². The van der Waals surface area contributed by atoms with E-state index in [1.165, 1.54) is 0 Å². The summed E-state index contributed by atoms with van der Waals surface area (Å²) in [7, 11) is -5.90. The standard InChI is InChI=1S/C22H34N2O5S2/c25-22(16-19-8-4-3-5-9-19)24(21-11-15-31(28,29)18-21)13-7-2-1-6-12-23-20-10-14-30(26,27)17-20/h3-5,8-9,20-21,23H,1-2,6-7,10-18H2. The van der Waals surface area contributed by atoms with Crippen molar-refractivity contribution in [2.24, 2.45) is 0 Å². The van der Waals surface area contributed by atoms with E-state index in [1.807, 2.05) is 30.3 Å². The van der Waals surface area contributed by atoms with E-state index in [0.717, 1.165) is 37.8 Å². The number of unbranched alkanes of at least 4 members (excludes halogenated alkanes) is 3. The summed E-state index contributed by atoms with van der Waals surface area (Å²) in [4.78, 5) is 14.7. The van der Waals surface area contributed by atoms with Crippen LogP contribution in [0.15, 0.2) is 30.3 Å². The first-order valence-electron chi connectivity index (χ1n) is 11.2. The Morgan fingerprint density at radius 2 is 1.58 bits per heavy atom. The molecule has 0 radical (unpaired) electrons. The monoisotopic (exact) mass is 470 g/mol. The van der Waals surface area contributed by atoms with E-state index < -0.39 is 19.7 Å². The SMILES string of the molecule is O=C(Cc1ccccc1)N(CCCCCCNC1CCS(=O)(=O)C1)C1CCS(=O)(=O)C1. The molecule has 2 unspecified atom stereocenters. The van der Waals surface area contributed by atoms with Crippen molar-refractivity contribution in [1.29, 1.82) is 0 Å². The van der Waals surface area contributed by atoms with E-state index in [-0.39, 0.29) is 41.0 Å². The minimum Gasteiger partial charge on any atom is -0.338 e. The van der Waals surface area contributed by atoms with Gasteiger partial charge >= 0.3 is 0 Å². The number of rotatable bonds is 11. The molecule has 0 aliphatic carbocycles. The fraction of sp³-hybridized carbons (Fsp3) is 0.682. The van der Waals surface area contributed by atoms with Gasteiger partial charge in [0.1, 0.15) is 0 Å². The zero-order chi connectivity index (χ0) is 22.3. The fourth-order valence-electron chi connectivity index (χ4n) is 4.43. The quantitative estimate of drug-likeness (QED) is 0.493. The van der Waals surface area contributed by atoms with Crippen LogP contribution in [0.4, 0.5) is 0 Å². The third-order valence-corrected chi connectivity index (χ3v) is 9.68. The van der Waals surface area contributed by atoms with E-state index in [1.54, 1.807) is 4.90 Å². The van der Waals surface area contributed by atoms with Gasteiger partial charge in [0.05, 0.1) is 29.4 Å². The Morgan fingerprint density at radius 3 is 2.23 bits per heavy atom. The van der Waals surface area contributed by atoms with Gasteiger partial charge in [-0.2, -0.15) is 0 Å². The van der Waals surface area contributed by atoms with Crippen molar-refractivity contribution in [2.45, 2.75) is 57.0 Å². The molecule has 3 rings (SSSR count). The minimum absolute atomic E-state index is 0.00240. The highest BCUT2D eigenvalue weighted by atomic mass is 32.2. The molecule has 31 heavy (non-hydrogen) atoms. The van der Waals surface area contributed by atoms with Crippen LogP contribution in [-0.2, 0) is 30.9 Å². The Morgan fingerprint density at radius 1 is 0.903 bits per heavy atom. The van der Waals surface area contributed by atoms with Gasteiger partial charge in [-0.15, -0.1) is 0 Å². The molecule has 7 nitrogen and oxygen atoms in total.